The van der Waals surface area contributed by atoms with Gasteiger partial charge in [-0.05, 0) is 120 Å². The van der Waals surface area contributed by atoms with Gasteiger partial charge in [0.15, 0.2) is 5.78 Å². The number of nitrogens with one attached hydrogen (secondary N) is 1. The molecule has 0 radical (unpaired) electrons. The molecule has 4 fully saturated rings. The van der Waals surface area contributed by atoms with Gasteiger partial charge in [0.2, 0.25) is 5.79 Å². The maximum atomic E-state index is 14.6. The molecule has 1 aliphatic carbocycles. The number of fused-ring (bicyclic) bond motifs is 3. The number of carbonyl (C=O) groups is 6. The van der Waals surface area contributed by atoms with Crippen LogP contribution in [0.4, 0.5) is 0 Å². The van der Waals surface area contributed by atoms with Gasteiger partial charge >= 0.3 is 11.9 Å². The largest absolute Gasteiger partial charge is 0.460 e. The van der Waals surface area contributed by atoms with E-state index in [1.165, 1.54) is 12.0 Å². The minimum absolute atomic E-state index is 0.0434. The predicted molar refractivity (Wildman–Crippen MR) is 273 cm³/mol. The normalized spacial score (nSPS) is 38.3. The van der Waals surface area contributed by atoms with Gasteiger partial charge in [-0.15, -0.1) is 5.06 Å². The van der Waals surface area contributed by atoms with Gasteiger partial charge in [0.25, 0.3) is 11.7 Å². The van der Waals surface area contributed by atoms with Crippen molar-refractivity contribution in [2.24, 2.45) is 41.4 Å². The second-order valence-corrected chi connectivity index (χ2v) is 22.4. The van der Waals surface area contributed by atoms with Crippen LogP contribution < -0.4 is 5.32 Å². The molecule has 1 saturated carbocycles. The first-order valence-electron chi connectivity index (χ1n) is 27.5. The summed E-state index contributed by atoms with van der Waals surface area (Å²) in [4.78, 5) is 91.8. The SMILES string of the molecule is CO[C@H]1C[C@@H]2CC[C@@H](C)[C@@](O)(O2)C(=O)C(=O)N2CCCC[C@H]2C(=O)O[C@H]([C@H](C)C[C@@H]2CC[C@@H](C(=O)ON3CCNCC3)[C@H](OC)C2)CC(=O)[C@H](C)/C=C(\C)[C@@H](O)[C@@H](OC)C(=O)[C@H](C)C[C@H](C)CCCC/C=C/1C. The number of amides is 1. The molecule has 3 saturated heterocycles. The van der Waals surface area contributed by atoms with Crippen molar-refractivity contribution in [2.75, 3.05) is 54.1 Å². The van der Waals surface area contributed by atoms with E-state index >= 15 is 0 Å². The molecule has 414 valence electrons. The minimum atomic E-state index is -2.43. The van der Waals surface area contributed by atoms with E-state index in [1.807, 2.05) is 20.8 Å². The highest BCUT2D eigenvalue weighted by molar-refractivity contribution is 6.39. The zero-order valence-corrected chi connectivity index (χ0v) is 45.8. The van der Waals surface area contributed by atoms with Crippen LogP contribution in [0.25, 0.3) is 0 Å². The van der Waals surface area contributed by atoms with Crippen LogP contribution in [0.1, 0.15) is 151 Å². The lowest BCUT2D eigenvalue weighted by Gasteiger charge is -2.42. The van der Waals surface area contributed by atoms with E-state index in [2.05, 4.69) is 18.3 Å². The van der Waals surface area contributed by atoms with Gasteiger partial charge in [-0.3, -0.25) is 19.2 Å². The number of nitrogens with zero attached hydrogens (tertiary/aromatic N) is 2. The fourth-order valence-electron chi connectivity index (χ4n) is 11.9. The van der Waals surface area contributed by atoms with Crippen LogP contribution in [0.2, 0.25) is 0 Å². The summed E-state index contributed by atoms with van der Waals surface area (Å²) >= 11 is 0. The highest BCUT2D eigenvalue weighted by atomic mass is 16.7. The molecule has 17 nitrogen and oxygen atoms in total. The average molecular weight is 1030 g/mol. The molecule has 0 spiro atoms. The lowest BCUT2D eigenvalue weighted by atomic mass is 9.75. The summed E-state index contributed by atoms with van der Waals surface area (Å²) in [5, 5.41) is 28.5. The molecule has 1 amide bonds. The second-order valence-electron chi connectivity index (χ2n) is 22.4. The van der Waals surface area contributed by atoms with Crippen LogP contribution in [0, 0.1) is 41.4 Å². The van der Waals surface area contributed by atoms with E-state index < -0.39 is 77.8 Å². The third-order valence-electron chi connectivity index (χ3n) is 16.7. The topological polar surface area (TPSA) is 217 Å². The first kappa shape index (κ1) is 60.4. The average Bonchev–Trinajstić information content (AvgIpc) is 3.37. The van der Waals surface area contributed by atoms with Crippen molar-refractivity contribution in [3.63, 3.8) is 0 Å². The number of methoxy groups -OCH3 is 3. The van der Waals surface area contributed by atoms with Crippen molar-refractivity contribution >= 4 is 35.2 Å². The first-order valence-corrected chi connectivity index (χ1v) is 27.5. The van der Waals surface area contributed by atoms with Gasteiger partial charge in [-0.25, -0.2) is 9.59 Å². The summed E-state index contributed by atoms with van der Waals surface area (Å²) in [6.45, 7) is 15.7. The second kappa shape index (κ2) is 28.6. The van der Waals surface area contributed by atoms with Gasteiger partial charge in [0, 0.05) is 84.6 Å². The van der Waals surface area contributed by atoms with Gasteiger partial charge in [-0.1, -0.05) is 59.6 Å². The van der Waals surface area contributed by atoms with E-state index in [4.69, 9.17) is 28.5 Å². The number of cyclic esters (lactones) is 1. The van der Waals surface area contributed by atoms with Gasteiger partial charge in [0.1, 0.15) is 30.1 Å². The van der Waals surface area contributed by atoms with Gasteiger partial charge in [-0.2, -0.15) is 0 Å². The number of carbonyl (C=O) groups excluding carboxylic acids is 6. The zero-order valence-electron chi connectivity index (χ0n) is 45.8. The van der Waals surface area contributed by atoms with Crippen LogP contribution in [-0.4, -0.2) is 158 Å². The number of ether oxygens (including phenoxy) is 5. The van der Waals surface area contributed by atoms with Crippen molar-refractivity contribution in [2.45, 2.75) is 200 Å². The number of rotatable bonds is 8. The molecule has 2 bridgehead atoms. The number of allylic oxidation sites excluding steroid dienone is 2. The Bertz CT molecular complexity index is 1920. The molecule has 0 unspecified atom stereocenters. The van der Waals surface area contributed by atoms with Crippen LogP contribution >= 0.6 is 0 Å². The summed E-state index contributed by atoms with van der Waals surface area (Å²) in [5.41, 5.74) is 1.39. The molecule has 0 aromatic carbocycles. The van der Waals surface area contributed by atoms with Crippen molar-refractivity contribution < 1.29 is 67.5 Å². The summed E-state index contributed by atoms with van der Waals surface area (Å²) < 4.78 is 30.0. The highest BCUT2D eigenvalue weighted by Gasteiger charge is 2.53. The number of hydrogen-bond donors (Lipinski definition) is 3. The summed E-state index contributed by atoms with van der Waals surface area (Å²) in [6.07, 6.45) is 7.94. The lowest BCUT2D eigenvalue weighted by molar-refractivity contribution is -0.265. The maximum absolute atomic E-state index is 14.6. The van der Waals surface area contributed by atoms with E-state index in [1.54, 1.807) is 46.1 Å². The molecule has 15 atom stereocenters. The number of ketones is 3. The number of esters is 1. The molecule has 5 aliphatic rings. The Labute approximate surface area is 435 Å². The molecule has 5 rings (SSSR count). The standard InChI is InChI=1S/C56H91N3O14/c1-34-16-12-11-13-17-35(2)46(68-8)32-42-21-19-40(7)56(67,72-42)52(63)53(64)59-25-15-14-18-44(59)55(66)71-47(33-45(60)36(3)29-39(6)50(62)51(70-10)49(61)38(5)28-34)37(4)30-41-20-22-43(48(31-41)69-9)54(65)73-58-26-23-57-24-27-58/h17,29,34,36-38,40-44,46-48,50-51,57,62,67H,11-16,18-28,30-33H2,1-10H3/b35-17+,39-29+/t34-,36-,37-,38-,40-,41+,42+,43-,44+,46+,47+,48-,50-,51+,56-/m1/s1. The minimum Gasteiger partial charge on any atom is -0.460 e. The van der Waals surface area contributed by atoms with Crippen molar-refractivity contribution in [1.82, 2.24) is 15.3 Å². The molecule has 73 heavy (non-hydrogen) atoms. The molecule has 3 N–H and O–H groups in total. The van der Waals surface area contributed by atoms with Crippen LogP contribution in [-0.2, 0) is 57.3 Å². The maximum Gasteiger partial charge on any atom is 0.330 e. The first-order chi connectivity index (χ1) is 34.7. The third kappa shape index (κ3) is 16.3. The van der Waals surface area contributed by atoms with E-state index in [0.29, 0.717) is 82.9 Å². The number of aliphatic hydroxyl groups excluding tert-OH is 1. The van der Waals surface area contributed by atoms with E-state index in [-0.39, 0.29) is 66.7 Å². The Hall–Kier alpha value is -3.42. The number of aliphatic hydroxyl groups is 2. The fraction of sp³-hybridized carbons (Fsp3) is 0.821. The number of piperidine rings is 1. The lowest BCUT2D eigenvalue weighted by Crippen LogP contribution is -2.61. The van der Waals surface area contributed by atoms with E-state index in [9.17, 15) is 39.0 Å². The molecule has 4 heterocycles. The number of hydrogen-bond acceptors (Lipinski definition) is 16. The summed E-state index contributed by atoms with van der Waals surface area (Å²) in [7, 11) is 4.60. The summed E-state index contributed by atoms with van der Waals surface area (Å²) in [6, 6.07) is -1.16. The number of Topliss-reactive ketones (excluding diaryl/α,β-unsaturated/α-hetero) is 3. The smallest absolute Gasteiger partial charge is 0.330 e. The zero-order chi connectivity index (χ0) is 53.6. The summed E-state index contributed by atoms with van der Waals surface area (Å²) in [5.74, 6) is -8.54. The molecule has 0 aromatic heterocycles. The quantitative estimate of drug-likeness (QED) is 0.139. The van der Waals surface area contributed by atoms with Crippen molar-refractivity contribution in [1.29, 1.82) is 0 Å². The predicted octanol–water partition coefficient (Wildman–Crippen LogP) is 6.25. The Morgan fingerprint density at radius 1 is 0.849 bits per heavy atom. The molecule has 0 aromatic rings. The molecular formula is C56H91N3O14. The number of piperazine rings is 1. The van der Waals surface area contributed by atoms with Crippen molar-refractivity contribution in [3.8, 4) is 0 Å². The number of hydroxylamine groups is 2. The highest BCUT2D eigenvalue weighted by Crippen LogP contribution is 2.39. The Morgan fingerprint density at radius 3 is 2.25 bits per heavy atom. The Morgan fingerprint density at radius 2 is 1.56 bits per heavy atom. The Balaban J connectivity index is 1.42. The van der Waals surface area contributed by atoms with Gasteiger partial charge in [0.05, 0.1) is 24.2 Å². The van der Waals surface area contributed by atoms with Gasteiger partial charge < -0.3 is 49.0 Å². The third-order valence-corrected chi connectivity index (χ3v) is 16.7. The van der Waals surface area contributed by atoms with Crippen LogP contribution in [0.3, 0.4) is 0 Å². The molecule has 4 aliphatic heterocycles. The van der Waals surface area contributed by atoms with Crippen LogP contribution in [0.5, 0.6) is 0 Å². The van der Waals surface area contributed by atoms with Crippen LogP contribution in [0.15, 0.2) is 23.3 Å². The van der Waals surface area contributed by atoms with Crippen molar-refractivity contribution in [3.05, 3.63) is 23.3 Å². The monoisotopic (exact) mass is 1030 g/mol. The fourth-order valence-corrected chi connectivity index (χ4v) is 11.9. The Kier molecular flexibility index (Phi) is 23.7. The molecule has 17 heteroatoms. The molecular weight excluding hydrogens is 939 g/mol. The van der Waals surface area contributed by atoms with E-state index in [0.717, 1.165) is 44.3 Å².